The van der Waals surface area contributed by atoms with Crippen molar-refractivity contribution in [3.05, 3.63) is 29.8 Å². The Balaban J connectivity index is 2.26. The van der Waals surface area contributed by atoms with Gasteiger partial charge in [0.2, 0.25) is 5.91 Å². The van der Waals surface area contributed by atoms with Gasteiger partial charge >= 0.3 is 15.5 Å². The van der Waals surface area contributed by atoms with Crippen molar-refractivity contribution in [2.45, 2.75) is 38.1 Å². The summed E-state index contributed by atoms with van der Waals surface area (Å²) in [6, 6.07) is 5.78. The Morgan fingerprint density at radius 3 is 2.50 bits per heavy atom. The maximum atomic E-state index is 12.7. The van der Waals surface area contributed by atoms with Gasteiger partial charge in [0.05, 0.1) is 10.9 Å². The first-order chi connectivity index (χ1) is 11.9. The molecule has 1 atom stereocenters. The van der Waals surface area contributed by atoms with Crippen LogP contribution in [0.1, 0.15) is 26.3 Å². The lowest BCUT2D eigenvalue weighted by Gasteiger charge is -2.23. The fraction of sp³-hybridized carbons (Fsp3) is 0.562. The Morgan fingerprint density at radius 2 is 1.92 bits per heavy atom. The Morgan fingerprint density at radius 1 is 1.31 bits per heavy atom. The average molecular weight is 410 g/mol. The van der Waals surface area contributed by atoms with E-state index in [4.69, 9.17) is 0 Å². The minimum Gasteiger partial charge on any atom is -0.337 e. The molecule has 1 aromatic rings. The number of carbonyl (C=O) groups is 1. The zero-order chi connectivity index (χ0) is 19.8. The Hall–Kier alpha value is -1.42. The molecule has 0 aromatic heterocycles. The fourth-order valence-electron chi connectivity index (χ4n) is 2.92. The van der Waals surface area contributed by atoms with E-state index in [-0.39, 0.29) is 28.8 Å². The lowest BCUT2D eigenvalue weighted by atomic mass is 9.92. The first-order valence-corrected chi connectivity index (χ1v) is 10.5. The van der Waals surface area contributed by atoms with E-state index in [1.807, 2.05) is 20.8 Å². The maximum Gasteiger partial charge on any atom is 0.516 e. The molecule has 146 valence electrons. The van der Waals surface area contributed by atoms with Crippen LogP contribution >= 0.6 is 11.8 Å². The summed E-state index contributed by atoms with van der Waals surface area (Å²) in [5.74, 6) is 0.686. The van der Waals surface area contributed by atoms with Crippen molar-refractivity contribution < 1.29 is 26.4 Å². The summed E-state index contributed by atoms with van der Waals surface area (Å²) in [7, 11) is -5.52. The van der Waals surface area contributed by atoms with E-state index in [9.17, 15) is 26.4 Å². The van der Waals surface area contributed by atoms with E-state index >= 15 is 0 Å². The second-order valence-electron chi connectivity index (χ2n) is 6.73. The number of sulfonamides is 1. The smallest absolute Gasteiger partial charge is 0.337 e. The van der Waals surface area contributed by atoms with E-state index in [0.717, 1.165) is 5.75 Å². The topological polar surface area (TPSA) is 66.5 Å². The van der Waals surface area contributed by atoms with Gasteiger partial charge in [0.1, 0.15) is 0 Å². The van der Waals surface area contributed by atoms with Crippen molar-refractivity contribution in [2.75, 3.05) is 17.0 Å². The summed E-state index contributed by atoms with van der Waals surface area (Å²) in [6.45, 7) is 6.38. The van der Waals surface area contributed by atoms with Crippen LogP contribution in [0.2, 0.25) is 0 Å². The quantitative estimate of drug-likeness (QED) is 0.780. The monoisotopic (exact) mass is 410 g/mol. The number of nitrogens with zero attached hydrogens (tertiary/aromatic N) is 1. The predicted molar refractivity (Wildman–Crippen MR) is 96.2 cm³/mol. The number of halogens is 3. The molecule has 10 heteroatoms. The minimum atomic E-state index is -5.52. The maximum absolute atomic E-state index is 12.7. The van der Waals surface area contributed by atoms with Crippen LogP contribution in [0.5, 0.6) is 0 Å². The number of benzene rings is 1. The lowest BCUT2D eigenvalue weighted by molar-refractivity contribution is -0.127. The first kappa shape index (κ1) is 20.9. The van der Waals surface area contributed by atoms with Crippen LogP contribution in [0.15, 0.2) is 24.3 Å². The van der Waals surface area contributed by atoms with Gasteiger partial charge in [-0.05, 0) is 17.4 Å². The van der Waals surface area contributed by atoms with Gasteiger partial charge in [-0.15, -0.1) is 11.8 Å². The molecule has 1 amide bonds. The van der Waals surface area contributed by atoms with Gasteiger partial charge in [-0.2, -0.15) is 21.6 Å². The molecule has 0 spiro atoms. The van der Waals surface area contributed by atoms with Crippen LogP contribution in [-0.2, 0) is 21.4 Å². The SMILES string of the molecule is CCSC1C(=O)N(Cc2ccccc2NS(=O)(=O)C(F)(F)F)CC1(C)C. The van der Waals surface area contributed by atoms with Gasteiger partial charge in [-0.25, -0.2) is 0 Å². The van der Waals surface area contributed by atoms with Crippen molar-refractivity contribution in [1.82, 2.24) is 4.90 Å². The van der Waals surface area contributed by atoms with Gasteiger partial charge in [-0.1, -0.05) is 39.0 Å². The number of hydrogen-bond donors (Lipinski definition) is 1. The first-order valence-electron chi connectivity index (χ1n) is 7.96. The highest BCUT2D eigenvalue weighted by Gasteiger charge is 2.47. The predicted octanol–water partition coefficient (Wildman–Crippen LogP) is 3.44. The van der Waals surface area contributed by atoms with Crippen molar-refractivity contribution in [3.63, 3.8) is 0 Å². The number of hydrogen-bond acceptors (Lipinski definition) is 4. The third-order valence-electron chi connectivity index (χ3n) is 4.11. The zero-order valence-electron chi connectivity index (χ0n) is 14.6. The van der Waals surface area contributed by atoms with Gasteiger partial charge in [0.15, 0.2) is 0 Å². The molecule has 1 saturated heterocycles. The molecule has 1 unspecified atom stereocenters. The van der Waals surface area contributed by atoms with Gasteiger partial charge in [0.25, 0.3) is 0 Å². The van der Waals surface area contributed by atoms with Crippen LogP contribution in [0.3, 0.4) is 0 Å². The molecule has 1 fully saturated rings. The van der Waals surface area contributed by atoms with Crippen molar-refractivity contribution in [2.24, 2.45) is 5.41 Å². The molecule has 26 heavy (non-hydrogen) atoms. The molecular weight excluding hydrogens is 389 g/mol. The van der Waals surface area contributed by atoms with Crippen LogP contribution in [-0.4, -0.2) is 42.3 Å². The number of amides is 1. The van der Waals surface area contributed by atoms with E-state index in [2.05, 4.69) is 0 Å². The standard InChI is InChI=1S/C16H21F3N2O3S2/c1-4-25-13-14(22)21(10-15(13,2)3)9-11-7-5-6-8-12(11)20-26(23,24)16(17,18)19/h5-8,13,20H,4,9-10H2,1-3H3. The summed E-state index contributed by atoms with van der Waals surface area (Å²) in [6.07, 6.45) is 0. The molecule has 0 radical (unpaired) electrons. The number of carbonyl (C=O) groups excluding carboxylic acids is 1. The van der Waals surface area contributed by atoms with Crippen molar-refractivity contribution in [1.29, 1.82) is 0 Å². The molecule has 5 nitrogen and oxygen atoms in total. The number of rotatable bonds is 6. The summed E-state index contributed by atoms with van der Waals surface area (Å²) < 4.78 is 62.3. The number of thioether (sulfide) groups is 1. The summed E-state index contributed by atoms with van der Waals surface area (Å²) in [5, 5.41) is -0.230. The van der Waals surface area contributed by atoms with Crippen LogP contribution < -0.4 is 4.72 Å². The van der Waals surface area contributed by atoms with Gasteiger partial charge in [-0.3, -0.25) is 9.52 Å². The highest BCUT2D eigenvalue weighted by Crippen LogP contribution is 2.40. The number of nitrogens with one attached hydrogen (secondary N) is 1. The Kier molecular flexibility index (Phi) is 5.86. The van der Waals surface area contributed by atoms with Gasteiger partial charge < -0.3 is 4.90 Å². The third-order valence-corrected chi connectivity index (χ3v) is 6.71. The van der Waals surface area contributed by atoms with E-state index in [1.165, 1.54) is 30.0 Å². The molecule has 0 aliphatic carbocycles. The Bertz CT molecular complexity index is 779. The molecule has 1 aliphatic rings. The molecule has 2 rings (SSSR count). The molecule has 0 saturated carbocycles. The van der Waals surface area contributed by atoms with Crippen LogP contribution in [0.4, 0.5) is 18.9 Å². The summed E-state index contributed by atoms with van der Waals surface area (Å²) in [5.41, 5.74) is -5.55. The highest BCUT2D eigenvalue weighted by atomic mass is 32.2. The van der Waals surface area contributed by atoms with E-state index in [1.54, 1.807) is 15.7 Å². The van der Waals surface area contributed by atoms with Crippen molar-refractivity contribution in [3.8, 4) is 0 Å². The molecule has 1 aromatic carbocycles. The number of anilines is 1. The zero-order valence-corrected chi connectivity index (χ0v) is 16.3. The largest absolute Gasteiger partial charge is 0.516 e. The van der Waals surface area contributed by atoms with Crippen molar-refractivity contribution >= 4 is 33.4 Å². The second kappa shape index (κ2) is 7.30. The molecule has 1 heterocycles. The molecule has 1 N–H and O–H groups in total. The molecule has 1 aliphatic heterocycles. The summed E-state index contributed by atoms with van der Waals surface area (Å²) >= 11 is 1.53. The van der Waals surface area contributed by atoms with E-state index in [0.29, 0.717) is 12.1 Å². The minimum absolute atomic E-state index is 0.0413. The van der Waals surface area contributed by atoms with Gasteiger partial charge in [0, 0.05) is 18.5 Å². The van der Waals surface area contributed by atoms with Crippen LogP contribution in [0, 0.1) is 5.41 Å². The fourth-order valence-corrected chi connectivity index (χ4v) is 4.67. The molecular formula is C16H21F3N2O3S2. The lowest BCUT2D eigenvalue weighted by Crippen LogP contribution is -2.31. The van der Waals surface area contributed by atoms with E-state index < -0.39 is 15.5 Å². The Labute approximate surface area is 155 Å². The number of likely N-dealkylation sites (tertiary alicyclic amines) is 1. The highest BCUT2D eigenvalue weighted by molar-refractivity contribution is 8.00. The normalized spacial score (nSPS) is 20.5. The summed E-state index contributed by atoms with van der Waals surface area (Å²) in [4.78, 5) is 14.2. The number of alkyl halides is 3. The molecule has 0 bridgehead atoms. The number of para-hydroxylation sites is 1. The average Bonchev–Trinajstić information content (AvgIpc) is 2.71. The second-order valence-corrected chi connectivity index (χ2v) is 9.78. The third kappa shape index (κ3) is 4.28. The van der Waals surface area contributed by atoms with Crippen LogP contribution in [0.25, 0.3) is 0 Å².